The highest BCUT2D eigenvalue weighted by molar-refractivity contribution is 4.75. The van der Waals surface area contributed by atoms with Gasteiger partial charge in [0.15, 0.2) is 0 Å². The zero-order chi connectivity index (χ0) is 43.3. The lowest BCUT2D eigenvalue weighted by Gasteiger charge is -2.23. The van der Waals surface area contributed by atoms with E-state index >= 15 is 0 Å². The number of hydrogen-bond acceptors (Lipinski definition) is 24. The van der Waals surface area contributed by atoms with E-state index in [2.05, 4.69) is 0 Å². The van der Waals surface area contributed by atoms with Gasteiger partial charge in [0, 0.05) is 0 Å². The number of nitrogens with zero attached hydrogens (tertiary/aromatic N) is 8. The maximum absolute atomic E-state index is 8.50. The van der Waals surface area contributed by atoms with Crippen LogP contribution in [0, 0.1) is 91.7 Å². The molecular weight excluding hydrogens is 744 g/mol. The summed E-state index contributed by atoms with van der Waals surface area (Å²) in [5.41, 5.74) is -2.22. The fraction of sp³-hybridized carbons (Fsp3) is 1.00. The predicted octanol–water partition coefficient (Wildman–Crippen LogP) is -6.90. The Kier molecular flexibility index (Phi) is 72.4. The summed E-state index contributed by atoms with van der Waals surface area (Å²) in [4.78, 5) is 66.9. The van der Waals surface area contributed by atoms with Crippen LogP contribution in [0.3, 0.4) is 0 Å². The smallest absolute Gasteiger partial charge is 0.291 e. The molecular formula is C10H32N8O32. The molecule has 40 nitrogen and oxygen atoms in total. The monoisotopic (exact) mass is 776 g/mol. The van der Waals surface area contributed by atoms with Gasteiger partial charge in [0.25, 0.3) is 40.7 Å². The van der Waals surface area contributed by atoms with E-state index in [-0.39, 0.29) is 0 Å². The van der Waals surface area contributed by atoms with Crippen LogP contribution < -0.4 is 0 Å². The van der Waals surface area contributed by atoms with Crippen molar-refractivity contribution >= 4 is 0 Å². The van der Waals surface area contributed by atoms with Crippen molar-refractivity contribution in [2.24, 2.45) is 10.8 Å². The summed E-state index contributed by atoms with van der Waals surface area (Å²) in [7, 11) is 0. The molecule has 0 aromatic carbocycles. The third kappa shape index (κ3) is 224. The van der Waals surface area contributed by atoms with E-state index in [0.717, 1.165) is 0 Å². The van der Waals surface area contributed by atoms with Crippen LogP contribution in [0.25, 0.3) is 0 Å². The lowest BCUT2D eigenvalue weighted by molar-refractivity contribution is -0.742. The molecule has 50 heavy (non-hydrogen) atoms. The summed E-state index contributed by atoms with van der Waals surface area (Å²) in [6.45, 7) is -3.25. The lowest BCUT2D eigenvalue weighted by Crippen LogP contribution is -2.37. The van der Waals surface area contributed by atoms with Crippen LogP contribution in [0.1, 0.15) is 0 Å². The SMILES string of the molecule is O=[N+]([O-])O.O=[N+]([O-])O.O=[N+]([O-])O.O=[N+]([O-])O.O=[N+]([O-])O.O=[N+]([O-])O.O=[N+]([O-])O.O=[N+]([O-])O.OCC(CO)(CO)CO.OCC(CO)(CO)CO. The number of hydrogen-bond donors (Lipinski definition) is 16. The van der Waals surface area contributed by atoms with Gasteiger partial charge in [-0.2, -0.15) is 0 Å². The van der Waals surface area contributed by atoms with Crippen LogP contribution >= 0.6 is 0 Å². The minimum Gasteiger partial charge on any atom is -0.396 e. The highest BCUT2D eigenvalue weighted by Crippen LogP contribution is 2.12. The molecule has 0 spiro atoms. The second-order valence-electron chi connectivity index (χ2n) is 6.17. The van der Waals surface area contributed by atoms with Crippen molar-refractivity contribution in [3.63, 3.8) is 0 Å². The van der Waals surface area contributed by atoms with Crippen molar-refractivity contribution in [2.45, 2.75) is 0 Å². The van der Waals surface area contributed by atoms with Gasteiger partial charge in [0.05, 0.1) is 63.7 Å². The summed E-state index contributed by atoms with van der Waals surface area (Å²) >= 11 is 0. The molecule has 0 aliphatic carbocycles. The highest BCUT2D eigenvalue weighted by Gasteiger charge is 2.27. The van der Waals surface area contributed by atoms with Crippen molar-refractivity contribution in [1.82, 2.24) is 0 Å². The van der Waals surface area contributed by atoms with Crippen LogP contribution in [0.5, 0.6) is 0 Å². The second kappa shape index (κ2) is 51.8. The molecule has 0 saturated heterocycles. The first-order valence-corrected chi connectivity index (χ1v) is 9.88. The summed E-state index contributed by atoms with van der Waals surface area (Å²) < 4.78 is 0. The van der Waals surface area contributed by atoms with Gasteiger partial charge >= 0.3 is 0 Å². The minimum atomic E-state index is -1.50. The Morgan fingerprint density at radius 1 is 0.260 bits per heavy atom. The Morgan fingerprint density at radius 2 is 0.300 bits per heavy atom. The van der Waals surface area contributed by atoms with E-state index in [1.54, 1.807) is 0 Å². The molecule has 0 aliphatic heterocycles. The fourth-order valence-electron chi connectivity index (χ4n) is 0.600. The van der Waals surface area contributed by atoms with E-state index in [1.165, 1.54) is 0 Å². The van der Waals surface area contributed by atoms with Crippen LogP contribution in [0.15, 0.2) is 0 Å². The molecule has 0 fully saturated rings. The number of aliphatic hydroxyl groups is 8. The number of rotatable bonds is 8. The fourth-order valence-corrected chi connectivity index (χ4v) is 0.600. The van der Waals surface area contributed by atoms with Gasteiger partial charge in [0.2, 0.25) is 0 Å². The third-order valence-electron chi connectivity index (χ3n) is 2.68. The molecule has 0 aromatic heterocycles. The van der Waals surface area contributed by atoms with Crippen molar-refractivity contribution in [1.29, 1.82) is 0 Å². The first-order valence-electron chi connectivity index (χ1n) is 9.88. The average molecular weight is 776 g/mol. The molecule has 0 heterocycles. The van der Waals surface area contributed by atoms with Gasteiger partial charge in [-0.1, -0.05) is 0 Å². The van der Waals surface area contributed by atoms with E-state index < -0.39 is 104 Å². The van der Waals surface area contributed by atoms with Crippen molar-refractivity contribution in [2.75, 3.05) is 52.9 Å². The predicted molar refractivity (Wildman–Crippen MR) is 132 cm³/mol. The Balaban J connectivity index is -0.0000000456. The van der Waals surface area contributed by atoms with Gasteiger partial charge in [-0.25, -0.2) is 0 Å². The van der Waals surface area contributed by atoms with Gasteiger partial charge in [-0.3, -0.25) is 0 Å². The van der Waals surface area contributed by atoms with E-state index in [9.17, 15) is 0 Å². The van der Waals surface area contributed by atoms with E-state index in [1.807, 2.05) is 0 Å². The largest absolute Gasteiger partial charge is 0.396 e. The molecule has 40 heteroatoms. The molecule has 0 saturated carbocycles. The van der Waals surface area contributed by atoms with Crippen LogP contribution in [-0.2, 0) is 0 Å². The molecule has 0 atom stereocenters. The molecule has 0 aliphatic rings. The highest BCUT2D eigenvalue weighted by atomic mass is 16.9. The van der Waals surface area contributed by atoms with Crippen molar-refractivity contribution < 1.29 is 123 Å². The molecule has 304 valence electrons. The van der Waals surface area contributed by atoms with Crippen molar-refractivity contribution in [3.05, 3.63) is 80.9 Å². The zero-order valence-corrected chi connectivity index (χ0v) is 23.9. The molecule has 0 amide bonds. The summed E-state index contributed by atoms with van der Waals surface area (Å²) in [5.74, 6) is 0. The standard InChI is InChI=1S/2C5H12O4.8HNO3/c2*6-1-5(2-7,3-8)4-9;8*2-1(3)4/h2*6-9H,1-4H2;8*(H,2,3,4). The zero-order valence-electron chi connectivity index (χ0n) is 23.9. The van der Waals surface area contributed by atoms with Crippen LogP contribution in [0.2, 0.25) is 0 Å². The minimum absolute atomic E-state index is 0.406. The quantitative estimate of drug-likeness (QED) is 0.0804. The van der Waals surface area contributed by atoms with Crippen LogP contribution in [-0.4, -0.2) is 176 Å². The summed E-state index contributed by atoms with van der Waals surface area (Å²) in [5, 5.41) is 177. The third-order valence-corrected chi connectivity index (χ3v) is 2.68. The first-order chi connectivity index (χ1) is 22.3. The molecule has 0 bridgehead atoms. The molecule has 16 N–H and O–H groups in total. The normalized spacial score (nSPS) is 8.16. The van der Waals surface area contributed by atoms with Gasteiger partial charge in [-0.15, -0.1) is 80.9 Å². The Morgan fingerprint density at radius 3 is 0.300 bits per heavy atom. The maximum Gasteiger partial charge on any atom is 0.291 e. The van der Waals surface area contributed by atoms with Gasteiger partial charge in [-0.05, 0) is 0 Å². The molecule has 0 radical (unpaired) electrons. The maximum atomic E-state index is 8.50. The van der Waals surface area contributed by atoms with E-state index in [0.29, 0.717) is 0 Å². The van der Waals surface area contributed by atoms with Crippen molar-refractivity contribution in [3.8, 4) is 0 Å². The van der Waals surface area contributed by atoms with Gasteiger partial charge in [0.1, 0.15) is 0 Å². The second-order valence-corrected chi connectivity index (χ2v) is 6.17. The number of aliphatic hydroxyl groups excluding tert-OH is 8. The molecule has 0 unspecified atom stereocenters. The van der Waals surface area contributed by atoms with E-state index in [4.69, 9.17) is 163 Å². The average Bonchev–Trinajstić information content (AvgIpc) is 2.90. The Labute approximate surface area is 269 Å². The first kappa shape index (κ1) is 69.9. The summed E-state index contributed by atoms with van der Waals surface area (Å²) in [6.07, 6.45) is 0. The Hall–Kier alpha value is -6.72. The Bertz CT molecular complexity index is 618. The molecule has 0 rings (SSSR count). The van der Waals surface area contributed by atoms with Crippen LogP contribution in [0.4, 0.5) is 0 Å². The van der Waals surface area contributed by atoms with Gasteiger partial charge < -0.3 is 82.5 Å². The lowest BCUT2D eigenvalue weighted by atomic mass is 9.93. The summed E-state index contributed by atoms with van der Waals surface area (Å²) in [6, 6.07) is 0. The molecule has 0 aromatic rings. The topological polar surface area (TPSA) is 669 Å².